The summed E-state index contributed by atoms with van der Waals surface area (Å²) in [5, 5.41) is 3.90. The van der Waals surface area contributed by atoms with Crippen LogP contribution in [0.4, 0.5) is 0 Å². The summed E-state index contributed by atoms with van der Waals surface area (Å²) in [5.74, 6) is 0.0963. The van der Waals surface area contributed by atoms with E-state index >= 15 is 0 Å². The van der Waals surface area contributed by atoms with Gasteiger partial charge in [-0.15, -0.1) is 34.3 Å². The summed E-state index contributed by atoms with van der Waals surface area (Å²) < 4.78 is 26.0. The van der Waals surface area contributed by atoms with Crippen molar-refractivity contribution in [2.45, 2.75) is 13.1 Å². The van der Waals surface area contributed by atoms with Crippen molar-refractivity contribution >= 4 is 44.3 Å². The minimum Gasteiger partial charge on any atom is -0.212 e. The first kappa shape index (κ1) is 15.0. The highest BCUT2D eigenvalue weighted by Crippen LogP contribution is 2.20. The molecule has 0 aliphatic rings. The molecule has 2 aromatic rings. The Bertz CT molecular complexity index is 542. The quantitative estimate of drug-likeness (QED) is 0.727. The smallest absolute Gasteiger partial charge is 0.212 e. The molecule has 0 saturated heterocycles. The third-order valence-corrected chi connectivity index (χ3v) is 6.45. The van der Waals surface area contributed by atoms with Gasteiger partial charge in [0.05, 0.1) is 5.75 Å². The van der Waals surface area contributed by atoms with Crippen LogP contribution in [0, 0.1) is 0 Å². The average molecular weight is 336 g/mol. The van der Waals surface area contributed by atoms with Gasteiger partial charge in [-0.25, -0.2) is 8.42 Å². The average Bonchev–Trinajstić information content (AvgIpc) is 3.00. The van der Waals surface area contributed by atoms with Crippen LogP contribution in [-0.2, 0) is 23.1 Å². The van der Waals surface area contributed by atoms with Gasteiger partial charge < -0.3 is 0 Å². The first-order chi connectivity index (χ1) is 9.12. The van der Waals surface area contributed by atoms with E-state index in [0.717, 1.165) is 9.75 Å². The Kier molecular flexibility index (Phi) is 5.41. The molecule has 0 spiro atoms. The van der Waals surface area contributed by atoms with Gasteiger partial charge in [0.2, 0.25) is 10.0 Å². The van der Waals surface area contributed by atoms with Crippen molar-refractivity contribution in [2.75, 3.05) is 11.6 Å². The van der Waals surface area contributed by atoms with E-state index in [2.05, 4.69) is 0 Å². The van der Waals surface area contributed by atoms with Gasteiger partial charge >= 0.3 is 0 Å². The molecule has 7 heteroatoms. The minimum absolute atomic E-state index is 0.0225. The lowest BCUT2D eigenvalue weighted by atomic mass is 10.4. The zero-order chi connectivity index (χ0) is 13.7. The number of sulfonamides is 1. The SMILES string of the molecule is O=S(=O)(CCCl)N(Cc1cccs1)Cc1cccs1. The van der Waals surface area contributed by atoms with Crippen LogP contribution in [0.1, 0.15) is 9.75 Å². The summed E-state index contributed by atoms with van der Waals surface area (Å²) in [5.41, 5.74) is 0. The van der Waals surface area contributed by atoms with Crippen molar-refractivity contribution in [1.82, 2.24) is 4.31 Å². The fraction of sp³-hybridized carbons (Fsp3) is 0.333. The Hall–Kier alpha value is -0.400. The van der Waals surface area contributed by atoms with Gasteiger partial charge in [0.15, 0.2) is 0 Å². The molecule has 0 aliphatic heterocycles. The second-order valence-corrected chi connectivity index (χ2v) is 8.46. The summed E-state index contributed by atoms with van der Waals surface area (Å²) in [6.07, 6.45) is 0. The van der Waals surface area contributed by atoms with Gasteiger partial charge in [0.25, 0.3) is 0 Å². The summed E-state index contributed by atoms with van der Waals surface area (Å²) in [6, 6.07) is 7.75. The van der Waals surface area contributed by atoms with Crippen LogP contribution >= 0.6 is 34.3 Å². The molecule has 3 nitrogen and oxygen atoms in total. The number of hydrogen-bond acceptors (Lipinski definition) is 4. The second-order valence-electron chi connectivity index (χ2n) is 3.93. The van der Waals surface area contributed by atoms with E-state index < -0.39 is 10.0 Å². The molecule has 0 fully saturated rings. The first-order valence-electron chi connectivity index (χ1n) is 5.70. The van der Waals surface area contributed by atoms with Crippen molar-refractivity contribution in [1.29, 1.82) is 0 Å². The largest absolute Gasteiger partial charge is 0.215 e. The van der Waals surface area contributed by atoms with Crippen LogP contribution in [0.2, 0.25) is 0 Å². The van der Waals surface area contributed by atoms with Crippen LogP contribution in [-0.4, -0.2) is 24.4 Å². The Morgan fingerprint density at radius 3 is 1.95 bits per heavy atom. The number of halogens is 1. The Morgan fingerprint density at radius 2 is 1.58 bits per heavy atom. The van der Waals surface area contributed by atoms with Gasteiger partial charge in [-0.1, -0.05) is 12.1 Å². The van der Waals surface area contributed by atoms with Crippen molar-refractivity contribution in [2.24, 2.45) is 0 Å². The van der Waals surface area contributed by atoms with E-state index in [1.54, 1.807) is 22.7 Å². The van der Waals surface area contributed by atoms with E-state index in [4.69, 9.17) is 11.6 Å². The van der Waals surface area contributed by atoms with E-state index in [-0.39, 0.29) is 11.6 Å². The fourth-order valence-corrected chi connectivity index (χ4v) is 4.94. The normalized spacial score (nSPS) is 12.1. The molecule has 0 aliphatic carbocycles. The Balaban J connectivity index is 2.17. The lowest BCUT2D eigenvalue weighted by molar-refractivity contribution is 0.408. The van der Waals surface area contributed by atoms with Gasteiger partial charge in [-0.2, -0.15) is 4.31 Å². The fourth-order valence-electron chi connectivity index (χ4n) is 1.63. The maximum Gasteiger partial charge on any atom is 0.215 e. The maximum atomic E-state index is 12.2. The highest BCUT2D eigenvalue weighted by atomic mass is 35.5. The summed E-state index contributed by atoms with van der Waals surface area (Å²) in [6.45, 7) is 0.823. The van der Waals surface area contributed by atoms with Crippen LogP contribution in [0.3, 0.4) is 0 Å². The molecule has 0 aromatic carbocycles. The van der Waals surface area contributed by atoms with Crippen molar-refractivity contribution in [3.63, 3.8) is 0 Å². The van der Waals surface area contributed by atoms with Crippen LogP contribution in [0.25, 0.3) is 0 Å². The number of alkyl halides is 1. The number of thiophene rings is 2. The molecule has 0 bridgehead atoms. The van der Waals surface area contributed by atoms with Gasteiger partial charge in [0.1, 0.15) is 0 Å². The van der Waals surface area contributed by atoms with Crippen LogP contribution in [0.15, 0.2) is 35.0 Å². The molecule has 0 radical (unpaired) electrons. The monoisotopic (exact) mass is 335 g/mol. The molecule has 0 saturated carbocycles. The molecule has 2 rings (SSSR count). The molecular formula is C12H14ClNO2S3. The zero-order valence-electron chi connectivity index (χ0n) is 10.2. The summed E-state index contributed by atoms with van der Waals surface area (Å²) in [4.78, 5) is 2.07. The molecule has 19 heavy (non-hydrogen) atoms. The number of rotatable bonds is 7. The van der Waals surface area contributed by atoms with E-state index in [1.807, 2.05) is 35.0 Å². The van der Waals surface area contributed by atoms with E-state index in [1.165, 1.54) is 4.31 Å². The van der Waals surface area contributed by atoms with Gasteiger partial charge in [-0.05, 0) is 22.9 Å². The minimum atomic E-state index is -3.31. The van der Waals surface area contributed by atoms with E-state index in [0.29, 0.717) is 13.1 Å². The summed E-state index contributed by atoms with van der Waals surface area (Å²) >= 11 is 8.72. The Morgan fingerprint density at radius 1 is 1.05 bits per heavy atom. The lowest BCUT2D eigenvalue weighted by Crippen LogP contribution is -2.32. The van der Waals surface area contributed by atoms with Gasteiger partial charge in [-0.3, -0.25) is 0 Å². The predicted molar refractivity (Wildman–Crippen MR) is 82.4 cm³/mol. The van der Waals surface area contributed by atoms with Crippen molar-refractivity contribution < 1.29 is 8.42 Å². The molecular weight excluding hydrogens is 322 g/mol. The van der Waals surface area contributed by atoms with Crippen LogP contribution < -0.4 is 0 Å². The topological polar surface area (TPSA) is 37.4 Å². The van der Waals surface area contributed by atoms with Crippen LogP contribution in [0.5, 0.6) is 0 Å². The highest BCUT2D eigenvalue weighted by molar-refractivity contribution is 7.89. The molecule has 0 unspecified atom stereocenters. The molecule has 0 atom stereocenters. The lowest BCUT2D eigenvalue weighted by Gasteiger charge is -2.20. The summed E-state index contributed by atoms with van der Waals surface area (Å²) in [7, 11) is -3.31. The molecule has 104 valence electrons. The maximum absolute atomic E-state index is 12.2. The predicted octanol–water partition coefficient (Wildman–Crippen LogP) is 3.38. The van der Waals surface area contributed by atoms with Crippen molar-refractivity contribution in [3.8, 4) is 0 Å². The zero-order valence-corrected chi connectivity index (χ0v) is 13.4. The molecule has 0 N–H and O–H groups in total. The third kappa shape index (κ3) is 4.29. The number of nitrogens with zero attached hydrogens (tertiary/aromatic N) is 1. The van der Waals surface area contributed by atoms with E-state index in [9.17, 15) is 8.42 Å². The van der Waals surface area contributed by atoms with Gasteiger partial charge in [0, 0.05) is 28.7 Å². The molecule has 0 amide bonds. The van der Waals surface area contributed by atoms with Crippen molar-refractivity contribution in [3.05, 3.63) is 44.8 Å². The molecule has 2 heterocycles. The first-order valence-corrected chi connectivity index (χ1v) is 9.60. The third-order valence-electron chi connectivity index (χ3n) is 2.55. The second kappa shape index (κ2) is 6.85. The standard InChI is InChI=1S/C12H14ClNO2S3/c13-5-8-19(15,16)14(9-11-3-1-6-17-11)10-12-4-2-7-18-12/h1-4,6-7H,5,8-10H2. The molecule has 2 aromatic heterocycles. The Labute approximate surface area is 126 Å². The highest BCUT2D eigenvalue weighted by Gasteiger charge is 2.22. The number of hydrogen-bond donors (Lipinski definition) is 0.